The summed E-state index contributed by atoms with van der Waals surface area (Å²) in [7, 11) is 1.56. The number of piperidine rings is 1. The zero-order valence-electron chi connectivity index (χ0n) is 16.8. The van der Waals surface area contributed by atoms with Crippen molar-refractivity contribution < 1.29 is 13.9 Å². The van der Waals surface area contributed by atoms with Gasteiger partial charge in [-0.05, 0) is 36.5 Å². The largest absolute Gasteiger partial charge is 0.495 e. The normalized spacial score (nSPS) is 17.5. The molecule has 152 valence electrons. The van der Waals surface area contributed by atoms with Crippen molar-refractivity contribution in [3.8, 4) is 5.75 Å². The topological polar surface area (TPSA) is 80.5 Å². The Morgan fingerprint density at radius 3 is 2.89 bits per heavy atom. The van der Waals surface area contributed by atoms with Crippen LogP contribution in [-0.4, -0.2) is 41.3 Å². The number of rotatable bonds is 4. The minimum Gasteiger partial charge on any atom is -0.495 e. The maximum absolute atomic E-state index is 12.8. The number of aromatic nitrogens is 2. The molecule has 2 amide bonds. The second-order valence-electron chi connectivity index (χ2n) is 8.33. The summed E-state index contributed by atoms with van der Waals surface area (Å²) in [5, 5.41) is 11.8. The zero-order valence-corrected chi connectivity index (χ0v) is 17.5. The highest BCUT2D eigenvalue weighted by atomic mass is 35.5. The zero-order chi connectivity index (χ0) is 20.3. The predicted molar refractivity (Wildman–Crippen MR) is 108 cm³/mol. The van der Waals surface area contributed by atoms with Crippen LogP contribution in [0.1, 0.15) is 51.3 Å². The Kier molecular flexibility index (Phi) is 6.13. The molecule has 0 spiro atoms. The number of halogens is 1. The number of hydrogen-bond acceptors (Lipinski definition) is 5. The lowest BCUT2D eigenvalue weighted by Crippen LogP contribution is -2.41. The average Bonchev–Trinajstić information content (AvgIpc) is 3.08. The molecule has 1 unspecified atom stereocenters. The van der Waals surface area contributed by atoms with E-state index in [-0.39, 0.29) is 17.4 Å². The summed E-state index contributed by atoms with van der Waals surface area (Å²) in [6.07, 6.45) is 2.52. The van der Waals surface area contributed by atoms with Crippen LogP contribution in [0.25, 0.3) is 0 Å². The average molecular weight is 407 g/mol. The van der Waals surface area contributed by atoms with E-state index in [1.165, 1.54) is 0 Å². The maximum atomic E-state index is 12.8. The van der Waals surface area contributed by atoms with E-state index < -0.39 is 0 Å². The number of methoxy groups -OCH3 is 1. The van der Waals surface area contributed by atoms with Gasteiger partial charge in [0.1, 0.15) is 5.75 Å². The van der Waals surface area contributed by atoms with Crippen LogP contribution in [0, 0.1) is 5.41 Å². The van der Waals surface area contributed by atoms with E-state index in [0.29, 0.717) is 41.3 Å². The minimum absolute atomic E-state index is 0.0435. The van der Waals surface area contributed by atoms with Gasteiger partial charge in [0.15, 0.2) is 0 Å². The monoisotopic (exact) mass is 406 g/mol. The number of ether oxygens (including phenoxy) is 1. The summed E-state index contributed by atoms with van der Waals surface area (Å²) in [5.74, 6) is 1.86. The van der Waals surface area contributed by atoms with Crippen LogP contribution in [0.3, 0.4) is 0 Å². The Balaban J connectivity index is 1.66. The smallest absolute Gasteiger partial charge is 0.321 e. The lowest BCUT2D eigenvalue weighted by molar-refractivity contribution is 0.186. The summed E-state index contributed by atoms with van der Waals surface area (Å²) in [6, 6.07) is 4.93. The molecule has 3 rings (SSSR count). The summed E-state index contributed by atoms with van der Waals surface area (Å²) in [5.41, 5.74) is 0.630. The Morgan fingerprint density at radius 1 is 1.39 bits per heavy atom. The van der Waals surface area contributed by atoms with Crippen molar-refractivity contribution in [3.63, 3.8) is 0 Å². The highest BCUT2D eigenvalue weighted by molar-refractivity contribution is 6.31. The highest BCUT2D eigenvalue weighted by Crippen LogP contribution is 2.30. The molecular weight excluding hydrogens is 380 g/mol. The van der Waals surface area contributed by atoms with Crippen LogP contribution in [-0.2, 0) is 6.42 Å². The third kappa shape index (κ3) is 5.16. The molecule has 1 N–H and O–H groups in total. The van der Waals surface area contributed by atoms with Gasteiger partial charge in [-0.3, -0.25) is 0 Å². The van der Waals surface area contributed by atoms with Gasteiger partial charge in [-0.15, -0.1) is 10.2 Å². The van der Waals surface area contributed by atoms with E-state index in [9.17, 15) is 4.79 Å². The van der Waals surface area contributed by atoms with Crippen molar-refractivity contribution in [1.82, 2.24) is 15.1 Å². The number of likely N-dealkylation sites (tertiary alicyclic amines) is 1. The van der Waals surface area contributed by atoms with E-state index >= 15 is 0 Å². The fourth-order valence-electron chi connectivity index (χ4n) is 3.29. The van der Waals surface area contributed by atoms with E-state index in [4.69, 9.17) is 20.8 Å². The standard InChI is InChI=1S/C20H27ClN4O3/c1-20(2,3)11-17-23-24-18(28-17)13-6-5-9-25(12-13)19(26)22-15-10-14(21)7-8-16(15)27-4/h7-8,10,13H,5-6,9,11-12H2,1-4H3,(H,22,26). The molecular formula is C20H27ClN4O3. The molecule has 7 nitrogen and oxygen atoms in total. The summed E-state index contributed by atoms with van der Waals surface area (Å²) in [4.78, 5) is 14.5. The van der Waals surface area contributed by atoms with E-state index in [2.05, 4.69) is 36.3 Å². The van der Waals surface area contributed by atoms with Crippen molar-refractivity contribution in [3.05, 3.63) is 35.0 Å². The molecule has 8 heteroatoms. The van der Waals surface area contributed by atoms with Gasteiger partial charge in [0.2, 0.25) is 11.8 Å². The Bertz CT molecular complexity index is 831. The van der Waals surface area contributed by atoms with E-state index in [1.54, 1.807) is 30.2 Å². The number of anilines is 1. The molecule has 2 aromatic rings. The molecule has 1 aliphatic rings. The van der Waals surface area contributed by atoms with E-state index in [0.717, 1.165) is 19.3 Å². The number of hydrogen-bond donors (Lipinski definition) is 1. The number of nitrogens with zero attached hydrogens (tertiary/aromatic N) is 3. The number of nitrogens with one attached hydrogen (secondary N) is 1. The molecule has 1 aromatic carbocycles. The molecule has 0 radical (unpaired) electrons. The number of amides is 2. The summed E-state index contributed by atoms with van der Waals surface area (Å²) in [6.45, 7) is 7.61. The lowest BCUT2D eigenvalue weighted by Gasteiger charge is -2.31. The molecule has 0 bridgehead atoms. The molecule has 1 fully saturated rings. The van der Waals surface area contributed by atoms with Crippen LogP contribution in [0.4, 0.5) is 10.5 Å². The second-order valence-corrected chi connectivity index (χ2v) is 8.77. The number of carbonyl (C=O) groups is 1. The number of carbonyl (C=O) groups excluding carboxylic acids is 1. The first-order valence-electron chi connectivity index (χ1n) is 9.47. The number of benzene rings is 1. The van der Waals surface area contributed by atoms with Gasteiger partial charge in [-0.2, -0.15) is 0 Å². The van der Waals surface area contributed by atoms with Gasteiger partial charge in [-0.1, -0.05) is 32.4 Å². The van der Waals surface area contributed by atoms with Gasteiger partial charge in [-0.25, -0.2) is 4.79 Å². The Morgan fingerprint density at radius 2 is 2.18 bits per heavy atom. The maximum Gasteiger partial charge on any atom is 0.321 e. The molecule has 1 aromatic heterocycles. The molecule has 0 saturated carbocycles. The van der Waals surface area contributed by atoms with Crippen molar-refractivity contribution in [2.45, 2.75) is 46.0 Å². The van der Waals surface area contributed by atoms with Gasteiger partial charge in [0, 0.05) is 24.5 Å². The summed E-state index contributed by atoms with van der Waals surface area (Å²) >= 11 is 6.05. The highest BCUT2D eigenvalue weighted by Gasteiger charge is 2.29. The molecule has 28 heavy (non-hydrogen) atoms. The molecule has 0 aliphatic carbocycles. The van der Waals surface area contributed by atoms with Crippen LogP contribution in [0.15, 0.2) is 22.6 Å². The van der Waals surface area contributed by atoms with Crippen molar-refractivity contribution in [2.75, 3.05) is 25.5 Å². The Labute approximate surface area is 170 Å². The quantitative estimate of drug-likeness (QED) is 0.793. The fraction of sp³-hybridized carbons (Fsp3) is 0.550. The summed E-state index contributed by atoms with van der Waals surface area (Å²) < 4.78 is 11.2. The molecule has 1 atom stereocenters. The third-order valence-electron chi connectivity index (χ3n) is 4.63. The SMILES string of the molecule is COc1ccc(Cl)cc1NC(=O)N1CCCC(c2nnc(CC(C)(C)C)o2)C1. The lowest BCUT2D eigenvalue weighted by atomic mass is 9.92. The second kappa shape index (κ2) is 8.39. The van der Waals surface area contributed by atoms with Crippen molar-refractivity contribution >= 4 is 23.3 Å². The first-order valence-corrected chi connectivity index (χ1v) is 9.85. The van der Waals surface area contributed by atoms with Crippen LogP contribution < -0.4 is 10.1 Å². The van der Waals surface area contributed by atoms with E-state index in [1.807, 2.05) is 0 Å². The van der Waals surface area contributed by atoms with Crippen LogP contribution in [0.2, 0.25) is 5.02 Å². The first-order chi connectivity index (χ1) is 13.2. The van der Waals surface area contributed by atoms with Crippen LogP contribution in [0.5, 0.6) is 5.75 Å². The van der Waals surface area contributed by atoms with Crippen molar-refractivity contribution in [1.29, 1.82) is 0 Å². The minimum atomic E-state index is -0.195. The molecule has 1 saturated heterocycles. The number of urea groups is 1. The van der Waals surface area contributed by atoms with Gasteiger partial charge >= 0.3 is 6.03 Å². The van der Waals surface area contributed by atoms with Gasteiger partial charge < -0.3 is 19.4 Å². The Hall–Kier alpha value is -2.28. The van der Waals surface area contributed by atoms with Crippen molar-refractivity contribution in [2.24, 2.45) is 5.41 Å². The predicted octanol–water partition coefficient (Wildman–Crippen LogP) is 4.73. The van der Waals surface area contributed by atoms with Gasteiger partial charge in [0.25, 0.3) is 0 Å². The van der Waals surface area contributed by atoms with Gasteiger partial charge in [0.05, 0.1) is 18.7 Å². The fourth-order valence-corrected chi connectivity index (χ4v) is 3.46. The van der Waals surface area contributed by atoms with Crippen LogP contribution >= 0.6 is 11.6 Å². The molecule has 2 heterocycles. The molecule has 1 aliphatic heterocycles. The first kappa shape index (κ1) is 20.5. The third-order valence-corrected chi connectivity index (χ3v) is 4.86.